The summed E-state index contributed by atoms with van der Waals surface area (Å²) in [6.07, 6.45) is 1.19. The van der Waals surface area contributed by atoms with Crippen molar-refractivity contribution in [1.82, 2.24) is 4.90 Å². The molecular formula is C24H29N. The van der Waals surface area contributed by atoms with Crippen molar-refractivity contribution in [2.24, 2.45) is 5.92 Å². The van der Waals surface area contributed by atoms with E-state index in [9.17, 15) is 0 Å². The van der Waals surface area contributed by atoms with Crippen LogP contribution in [0.15, 0.2) is 72.8 Å². The highest BCUT2D eigenvalue weighted by atomic mass is 15.1. The van der Waals surface area contributed by atoms with Crippen LogP contribution < -0.4 is 0 Å². The minimum absolute atomic E-state index is 0.587. The van der Waals surface area contributed by atoms with Gasteiger partial charge in [-0.15, -0.1) is 0 Å². The zero-order chi connectivity index (χ0) is 17.6. The zero-order valence-corrected chi connectivity index (χ0v) is 15.7. The summed E-state index contributed by atoms with van der Waals surface area (Å²) in [6.45, 7) is 6.83. The van der Waals surface area contributed by atoms with E-state index in [4.69, 9.17) is 0 Å². The Kier molecular flexibility index (Phi) is 5.88. The van der Waals surface area contributed by atoms with E-state index >= 15 is 0 Å². The lowest BCUT2D eigenvalue weighted by atomic mass is 9.83. The molecule has 0 heterocycles. The summed E-state index contributed by atoms with van der Waals surface area (Å²) in [7, 11) is 2.23. The molecule has 0 N–H and O–H groups in total. The third kappa shape index (κ3) is 4.49. The molecule has 1 heteroatoms. The fourth-order valence-corrected chi connectivity index (χ4v) is 3.76. The van der Waals surface area contributed by atoms with Crippen LogP contribution >= 0.6 is 0 Å². The highest BCUT2D eigenvalue weighted by Gasteiger charge is 2.18. The van der Waals surface area contributed by atoms with Crippen LogP contribution in [0.5, 0.6) is 0 Å². The van der Waals surface area contributed by atoms with E-state index in [1.165, 1.54) is 28.3 Å². The summed E-state index contributed by atoms with van der Waals surface area (Å²) in [5.74, 6) is 1.22. The largest absolute Gasteiger partial charge is 0.302 e. The molecule has 3 rings (SSSR count). The third-order valence-electron chi connectivity index (χ3n) is 5.14. The number of hydrogen-bond donors (Lipinski definition) is 0. The van der Waals surface area contributed by atoms with Gasteiger partial charge in [-0.1, -0.05) is 86.6 Å². The van der Waals surface area contributed by atoms with Crippen LogP contribution in [0.1, 0.15) is 37.3 Å². The van der Waals surface area contributed by atoms with Crippen molar-refractivity contribution in [3.8, 4) is 0 Å². The molecular weight excluding hydrogens is 302 g/mol. The van der Waals surface area contributed by atoms with Crippen molar-refractivity contribution in [3.05, 3.63) is 83.9 Å². The molecule has 0 radical (unpaired) electrons. The third-order valence-corrected chi connectivity index (χ3v) is 5.14. The standard InChI is InChI=1S/C24H29N/c1-19(2)22(16-17-25(3)18-20-10-5-4-6-11-20)24-15-9-13-21-12-7-8-14-23(21)24/h4-15,19,22H,16-18H2,1-3H3. The smallest absolute Gasteiger partial charge is 0.0230 e. The summed E-state index contributed by atoms with van der Waals surface area (Å²) in [6, 6.07) is 26.3. The Bertz CT molecular complexity index is 786. The first-order valence-corrected chi connectivity index (χ1v) is 9.35. The fraction of sp³-hybridized carbons (Fsp3) is 0.333. The van der Waals surface area contributed by atoms with E-state index in [-0.39, 0.29) is 0 Å². The monoisotopic (exact) mass is 331 g/mol. The molecule has 1 nitrogen and oxygen atoms in total. The Balaban J connectivity index is 1.73. The van der Waals surface area contributed by atoms with Crippen LogP contribution in [0.25, 0.3) is 10.8 Å². The molecule has 0 aliphatic rings. The Hall–Kier alpha value is -2.12. The van der Waals surface area contributed by atoms with Crippen LogP contribution in [-0.2, 0) is 6.54 Å². The molecule has 3 aromatic carbocycles. The minimum Gasteiger partial charge on any atom is -0.302 e. The second-order valence-electron chi connectivity index (χ2n) is 7.43. The van der Waals surface area contributed by atoms with Crippen molar-refractivity contribution in [2.45, 2.75) is 32.7 Å². The Labute approximate surface area is 152 Å². The lowest BCUT2D eigenvalue weighted by Gasteiger charge is -2.26. The number of hydrogen-bond acceptors (Lipinski definition) is 1. The van der Waals surface area contributed by atoms with E-state index in [0.29, 0.717) is 11.8 Å². The number of nitrogens with zero attached hydrogens (tertiary/aromatic N) is 1. The molecule has 0 bridgehead atoms. The predicted octanol–water partition coefficient (Wildman–Crippen LogP) is 6.10. The van der Waals surface area contributed by atoms with E-state index in [1.807, 2.05) is 0 Å². The van der Waals surface area contributed by atoms with E-state index in [2.05, 4.69) is 98.6 Å². The molecule has 0 aromatic heterocycles. The van der Waals surface area contributed by atoms with Gasteiger partial charge in [0.15, 0.2) is 0 Å². The van der Waals surface area contributed by atoms with Crippen LogP contribution in [0.4, 0.5) is 0 Å². The van der Waals surface area contributed by atoms with Gasteiger partial charge in [0.1, 0.15) is 0 Å². The number of rotatable bonds is 7. The molecule has 0 aliphatic carbocycles. The molecule has 1 atom stereocenters. The van der Waals surface area contributed by atoms with Crippen molar-refractivity contribution in [3.63, 3.8) is 0 Å². The molecule has 25 heavy (non-hydrogen) atoms. The Morgan fingerprint density at radius 1 is 0.800 bits per heavy atom. The van der Waals surface area contributed by atoms with Gasteiger partial charge in [-0.2, -0.15) is 0 Å². The van der Waals surface area contributed by atoms with Crippen LogP contribution in [0.3, 0.4) is 0 Å². The van der Waals surface area contributed by atoms with Gasteiger partial charge in [-0.25, -0.2) is 0 Å². The number of benzene rings is 3. The normalized spacial score (nSPS) is 12.8. The summed E-state index contributed by atoms with van der Waals surface area (Å²) in [5, 5.41) is 2.76. The van der Waals surface area contributed by atoms with Crippen LogP contribution in [-0.4, -0.2) is 18.5 Å². The fourth-order valence-electron chi connectivity index (χ4n) is 3.76. The molecule has 0 amide bonds. The van der Waals surface area contributed by atoms with Crippen LogP contribution in [0.2, 0.25) is 0 Å². The number of fused-ring (bicyclic) bond motifs is 1. The lowest BCUT2D eigenvalue weighted by molar-refractivity contribution is 0.296. The molecule has 0 fully saturated rings. The predicted molar refractivity (Wildman–Crippen MR) is 109 cm³/mol. The first kappa shape index (κ1) is 17.7. The summed E-state index contributed by atoms with van der Waals surface area (Å²) >= 11 is 0. The van der Waals surface area contributed by atoms with Gasteiger partial charge in [0.25, 0.3) is 0 Å². The quantitative estimate of drug-likeness (QED) is 0.505. The average molecular weight is 332 g/mol. The second kappa shape index (κ2) is 8.31. The SMILES string of the molecule is CC(C)C(CCN(C)Cc1ccccc1)c1cccc2ccccc12. The molecule has 0 aliphatic heterocycles. The van der Waals surface area contributed by atoms with Gasteiger partial charge in [0.05, 0.1) is 0 Å². The summed E-state index contributed by atoms with van der Waals surface area (Å²) < 4.78 is 0. The molecule has 0 spiro atoms. The van der Waals surface area contributed by atoms with Gasteiger partial charge in [-0.3, -0.25) is 0 Å². The van der Waals surface area contributed by atoms with Crippen LogP contribution in [0, 0.1) is 5.92 Å². The molecule has 130 valence electrons. The zero-order valence-electron chi connectivity index (χ0n) is 15.7. The van der Waals surface area contributed by atoms with Crippen molar-refractivity contribution in [1.29, 1.82) is 0 Å². The van der Waals surface area contributed by atoms with E-state index in [1.54, 1.807) is 0 Å². The van der Waals surface area contributed by atoms with Gasteiger partial charge in [-0.05, 0) is 53.7 Å². The van der Waals surface area contributed by atoms with E-state index in [0.717, 1.165) is 13.1 Å². The maximum Gasteiger partial charge on any atom is 0.0230 e. The first-order valence-electron chi connectivity index (χ1n) is 9.35. The van der Waals surface area contributed by atoms with Gasteiger partial charge in [0.2, 0.25) is 0 Å². The first-order chi connectivity index (χ1) is 12.1. The highest BCUT2D eigenvalue weighted by molar-refractivity contribution is 5.86. The Morgan fingerprint density at radius 2 is 1.48 bits per heavy atom. The van der Waals surface area contributed by atoms with Crippen molar-refractivity contribution in [2.75, 3.05) is 13.6 Å². The summed E-state index contributed by atoms with van der Waals surface area (Å²) in [4.78, 5) is 2.44. The maximum atomic E-state index is 2.44. The highest BCUT2D eigenvalue weighted by Crippen LogP contribution is 2.33. The minimum atomic E-state index is 0.587. The van der Waals surface area contributed by atoms with Gasteiger partial charge in [0, 0.05) is 6.54 Å². The maximum absolute atomic E-state index is 2.44. The molecule has 1 unspecified atom stereocenters. The molecule has 0 saturated carbocycles. The lowest BCUT2D eigenvalue weighted by Crippen LogP contribution is -2.22. The molecule has 0 saturated heterocycles. The second-order valence-corrected chi connectivity index (χ2v) is 7.43. The molecule has 3 aromatic rings. The van der Waals surface area contributed by atoms with Crippen molar-refractivity contribution >= 4 is 10.8 Å². The topological polar surface area (TPSA) is 3.24 Å². The van der Waals surface area contributed by atoms with Gasteiger partial charge < -0.3 is 4.90 Å². The average Bonchev–Trinajstić information content (AvgIpc) is 2.62. The van der Waals surface area contributed by atoms with E-state index < -0.39 is 0 Å². The summed E-state index contributed by atoms with van der Waals surface area (Å²) in [5.41, 5.74) is 2.89. The van der Waals surface area contributed by atoms with Crippen molar-refractivity contribution < 1.29 is 0 Å². The Morgan fingerprint density at radius 3 is 2.24 bits per heavy atom. The van der Waals surface area contributed by atoms with Gasteiger partial charge >= 0.3 is 0 Å².